The molecule has 1 saturated heterocycles. The van der Waals surface area contributed by atoms with Crippen LogP contribution in [0.1, 0.15) is 36.8 Å². The molecule has 1 aliphatic heterocycles. The second kappa shape index (κ2) is 6.18. The Balaban J connectivity index is 2.14. The smallest absolute Gasteiger partial charge is 0.0583 e. The van der Waals surface area contributed by atoms with Gasteiger partial charge in [-0.2, -0.15) is 0 Å². The van der Waals surface area contributed by atoms with E-state index in [0.29, 0.717) is 6.10 Å². The highest BCUT2D eigenvalue weighted by atomic mass is 16.5. The molecular weight excluding hydrogens is 210 g/mol. The zero-order chi connectivity index (χ0) is 12.1. The van der Waals surface area contributed by atoms with Crippen LogP contribution in [0.5, 0.6) is 0 Å². The van der Waals surface area contributed by atoms with Crippen molar-refractivity contribution in [1.29, 1.82) is 0 Å². The summed E-state index contributed by atoms with van der Waals surface area (Å²) in [6.45, 7) is 4.44. The van der Waals surface area contributed by atoms with E-state index in [1.54, 1.807) is 7.11 Å². The van der Waals surface area contributed by atoms with Crippen LogP contribution in [-0.2, 0) is 11.2 Å². The van der Waals surface area contributed by atoms with E-state index >= 15 is 0 Å². The van der Waals surface area contributed by atoms with Crippen LogP contribution in [0.4, 0.5) is 0 Å². The molecule has 1 aromatic carbocycles. The summed E-state index contributed by atoms with van der Waals surface area (Å²) in [6.07, 6.45) is 3.85. The molecule has 94 valence electrons. The highest BCUT2D eigenvalue weighted by Crippen LogP contribution is 2.28. The van der Waals surface area contributed by atoms with Crippen LogP contribution in [0, 0.1) is 0 Å². The van der Waals surface area contributed by atoms with Gasteiger partial charge in [-0.25, -0.2) is 0 Å². The van der Waals surface area contributed by atoms with Gasteiger partial charge in [-0.05, 0) is 56.3 Å². The molecule has 1 atom stereocenters. The Kier molecular flexibility index (Phi) is 4.57. The van der Waals surface area contributed by atoms with E-state index in [1.165, 1.54) is 24.0 Å². The van der Waals surface area contributed by atoms with Gasteiger partial charge in [-0.3, -0.25) is 0 Å². The highest BCUT2D eigenvalue weighted by Gasteiger charge is 2.18. The predicted molar refractivity (Wildman–Crippen MR) is 71.5 cm³/mol. The van der Waals surface area contributed by atoms with E-state index in [2.05, 4.69) is 36.5 Å². The fourth-order valence-electron chi connectivity index (χ4n) is 2.64. The van der Waals surface area contributed by atoms with Gasteiger partial charge in [-0.1, -0.05) is 24.3 Å². The Morgan fingerprint density at radius 3 is 2.71 bits per heavy atom. The zero-order valence-electron chi connectivity index (χ0n) is 10.9. The van der Waals surface area contributed by atoms with Gasteiger partial charge in [-0.15, -0.1) is 0 Å². The zero-order valence-corrected chi connectivity index (χ0v) is 10.9. The Morgan fingerprint density at radius 1 is 1.29 bits per heavy atom. The first kappa shape index (κ1) is 12.6. The van der Waals surface area contributed by atoms with Crippen LogP contribution >= 0.6 is 0 Å². The molecule has 0 radical (unpaired) electrons. The molecule has 2 rings (SSSR count). The topological polar surface area (TPSA) is 21.3 Å². The maximum Gasteiger partial charge on any atom is 0.0583 e. The number of hydrogen-bond acceptors (Lipinski definition) is 2. The lowest BCUT2D eigenvalue weighted by atomic mass is 9.86. The maximum absolute atomic E-state index is 5.38. The fourth-order valence-corrected chi connectivity index (χ4v) is 2.64. The molecule has 1 fully saturated rings. The van der Waals surface area contributed by atoms with Gasteiger partial charge >= 0.3 is 0 Å². The van der Waals surface area contributed by atoms with Gasteiger partial charge in [0, 0.05) is 7.11 Å². The maximum atomic E-state index is 5.38. The molecule has 1 heterocycles. The largest absolute Gasteiger partial charge is 0.381 e. The minimum Gasteiger partial charge on any atom is -0.381 e. The quantitative estimate of drug-likeness (QED) is 0.863. The Morgan fingerprint density at radius 2 is 2.00 bits per heavy atom. The molecule has 0 amide bonds. The Labute approximate surface area is 104 Å². The first-order valence-corrected chi connectivity index (χ1v) is 6.62. The van der Waals surface area contributed by atoms with Crippen molar-refractivity contribution in [2.75, 3.05) is 20.2 Å². The van der Waals surface area contributed by atoms with Crippen molar-refractivity contribution < 1.29 is 4.74 Å². The van der Waals surface area contributed by atoms with Crippen molar-refractivity contribution in [2.24, 2.45) is 0 Å². The lowest BCUT2D eigenvalue weighted by Gasteiger charge is -2.25. The first-order chi connectivity index (χ1) is 8.31. The number of benzene rings is 1. The normalized spacial score (nSPS) is 19.2. The minimum atomic E-state index is 0.304. The molecule has 0 spiro atoms. The number of hydrogen-bond donors (Lipinski definition) is 1. The minimum absolute atomic E-state index is 0.304. The highest BCUT2D eigenvalue weighted by molar-refractivity contribution is 5.31. The molecule has 1 aliphatic rings. The predicted octanol–water partition coefficient (Wildman–Crippen LogP) is 2.73. The van der Waals surface area contributed by atoms with Crippen LogP contribution in [0.3, 0.4) is 0 Å². The third kappa shape index (κ3) is 3.30. The van der Waals surface area contributed by atoms with Crippen LogP contribution < -0.4 is 5.32 Å². The number of ether oxygens (including phenoxy) is 1. The van der Waals surface area contributed by atoms with Gasteiger partial charge in [0.1, 0.15) is 0 Å². The second-order valence-electron chi connectivity index (χ2n) is 4.97. The molecule has 0 aliphatic carbocycles. The van der Waals surface area contributed by atoms with Gasteiger partial charge in [0.05, 0.1) is 6.10 Å². The molecule has 17 heavy (non-hydrogen) atoms. The van der Waals surface area contributed by atoms with Gasteiger partial charge < -0.3 is 10.1 Å². The van der Waals surface area contributed by atoms with E-state index < -0.39 is 0 Å². The standard InChI is InChI=1S/C15H23NO/c1-12(17-2)11-14-5-3-4-6-15(14)13-7-9-16-10-8-13/h3-6,12-13,16H,7-11H2,1-2H3. The third-order valence-corrected chi connectivity index (χ3v) is 3.74. The van der Waals surface area contributed by atoms with Crippen LogP contribution in [0.25, 0.3) is 0 Å². The molecule has 2 heteroatoms. The summed E-state index contributed by atoms with van der Waals surface area (Å²) in [5, 5.41) is 3.43. The van der Waals surface area contributed by atoms with E-state index in [1.807, 2.05) is 0 Å². The molecule has 1 N–H and O–H groups in total. The van der Waals surface area contributed by atoms with Crippen LogP contribution in [0.15, 0.2) is 24.3 Å². The van der Waals surface area contributed by atoms with E-state index in [-0.39, 0.29) is 0 Å². The van der Waals surface area contributed by atoms with Gasteiger partial charge in [0.25, 0.3) is 0 Å². The second-order valence-corrected chi connectivity index (χ2v) is 4.97. The Bertz CT molecular complexity index is 345. The number of rotatable bonds is 4. The van der Waals surface area contributed by atoms with Crippen molar-refractivity contribution >= 4 is 0 Å². The van der Waals surface area contributed by atoms with Crippen molar-refractivity contribution in [3.63, 3.8) is 0 Å². The lowest BCUT2D eigenvalue weighted by molar-refractivity contribution is 0.118. The number of methoxy groups -OCH3 is 1. The lowest BCUT2D eigenvalue weighted by Crippen LogP contribution is -2.27. The summed E-state index contributed by atoms with van der Waals surface area (Å²) in [5.74, 6) is 0.733. The van der Waals surface area contributed by atoms with Crippen molar-refractivity contribution in [3.05, 3.63) is 35.4 Å². The summed E-state index contributed by atoms with van der Waals surface area (Å²) in [4.78, 5) is 0. The van der Waals surface area contributed by atoms with Crippen molar-refractivity contribution in [3.8, 4) is 0 Å². The Hall–Kier alpha value is -0.860. The molecule has 0 saturated carbocycles. The monoisotopic (exact) mass is 233 g/mol. The average Bonchev–Trinajstić information content (AvgIpc) is 2.40. The number of nitrogens with one attached hydrogen (secondary N) is 1. The van der Waals surface area contributed by atoms with Crippen LogP contribution in [0.2, 0.25) is 0 Å². The molecular formula is C15H23NO. The van der Waals surface area contributed by atoms with Gasteiger partial charge in [0.15, 0.2) is 0 Å². The summed E-state index contributed by atoms with van der Waals surface area (Å²) >= 11 is 0. The third-order valence-electron chi connectivity index (χ3n) is 3.74. The summed E-state index contributed by atoms with van der Waals surface area (Å²) in [7, 11) is 1.79. The first-order valence-electron chi connectivity index (χ1n) is 6.62. The molecule has 0 aromatic heterocycles. The molecule has 1 aromatic rings. The molecule has 2 nitrogen and oxygen atoms in total. The fraction of sp³-hybridized carbons (Fsp3) is 0.600. The molecule has 0 bridgehead atoms. The number of piperidine rings is 1. The molecule has 1 unspecified atom stereocenters. The van der Waals surface area contributed by atoms with E-state index in [4.69, 9.17) is 4.74 Å². The SMILES string of the molecule is COC(C)Cc1ccccc1C1CCNCC1. The summed E-state index contributed by atoms with van der Waals surface area (Å²) in [5.41, 5.74) is 3.01. The van der Waals surface area contributed by atoms with E-state index in [9.17, 15) is 0 Å². The van der Waals surface area contributed by atoms with E-state index in [0.717, 1.165) is 25.4 Å². The van der Waals surface area contributed by atoms with Gasteiger partial charge in [0.2, 0.25) is 0 Å². The summed E-state index contributed by atoms with van der Waals surface area (Å²) in [6, 6.07) is 8.86. The van der Waals surface area contributed by atoms with Crippen molar-refractivity contribution in [1.82, 2.24) is 5.32 Å². The summed E-state index contributed by atoms with van der Waals surface area (Å²) < 4.78 is 5.38. The average molecular weight is 233 g/mol. The van der Waals surface area contributed by atoms with Crippen LogP contribution in [-0.4, -0.2) is 26.3 Å². The van der Waals surface area contributed by atoms with Crippen molar-refractivity contribution in [2.45, 2.75) is 38.2 Å².